The molecule has 0 unspecified atom stereocenters. The number of aliphatic hydroxyl groups excluding tert-OH is 1. The van der Waals surface area contributed by atoms with E-state index in [4.69, 9.17) is 9.47 Å². The molecule has 0 aromatic heterocycles. The number of rotatable bonds is 0. The highest BCUT2D eigenvalue weighted by Gasteiger charge is 2.63. The van der Waals surface area contributed by atoms with E-state index in [1.807, 2.05) is 0 Å². The van der Waals surface area contributed by atoms with Gasteiger partial charge in [0, 0.05) is 11.8 Å². The van der Waals surface area contributed by atoms with Crippen molar-refractivity contribution in [3.8, 4) is 0 Å². The second-order valence-corrected chi connectivity index (χ2v) is 7.18. The van der Waals surface area contributed by atoms with Gasteiger partial charge in [0.25, 0.3) is 0 Å². The molecule has 1 heterocycles. The minimum Gasteiger partial charge on any atom is -0.393 e. The molecule has 3 atom stereocenters. The second-order valence-electron chi connectivity index (χ2n) is 7.18. The Morgan fingerprint density at radius 1 is 1.00 bits per heavy atom. The molecular weight excluding hydrogens is 228 g/mol. The maximum absolute atomic E-state index is 10.4. The Hall–Kier alpha value is -0.120. The summed E-state index contributed by atoms with van der Waals surface area (Å²) in [5.41, 5.74) is 0.0280. The highest BCUT2D eigenvalue weighted by Crippen LogP contribution is 2.62. The smallest absolute Gasteiger partial charge is 0.173 e. The van der Waals surface area contributed by atoms with Crippen LogP contribution in [0.5, 0.6) is 0 Å². The molecule has 3 rings (SSSR count). The molecule has 3 aliphatic rings. The largest absolute Gasteiger partial charge is 0.393 e. The standard InChI is InChI=1S/C15H26O3/c1-13(2)11-5-4-6-12(16)14(11,3)7-8-15(13)17-9-10-18-15/h11-12,16H,4-10H2,1-3H3/t11-,12-,14-/m0/s1. The van der Waals surface area contributed by atoms with Crippen molar-refractivity contribution in [3.05, 3.63) is 0 Å². The molecule has 1 N–H and O–H groups in total. The van der Waals surface area contributed by atoms with Gasteiger partial charge in [0.1, 0.15) is 0 Å². The molecule has 1 spiro atoms. The fourth-order valence-corrected chi connectivity index (χ4v) is 4.93. The molecule has 104 valence electrons. The van der Waals surface area contributed by atoms with Gasteiger partial charge >= 0.3 is 0 Å². The van der Waals surface area contributed by atoms with Gasteiger partial charge in [-0.15, -0.1) is 0 Å². The maximum atomic E-state index is 10.4. The monoisotopic (exact) mass is 254 g/mol. The van der Waals surface area contributed by atoms with Crippen molar-refractivity contribution in [1.82, 2.24) is 0 Å². The molecule has 0 bridgehead atoms. The van der Waals surface area contributed by atoms with Crippen molar-refractivity contribution in [2.24, 2.45) is 16.7 Å². The van der Waals surface area contributed by atoms with Crippen LogP contribution in [-0.2, 0) is 9.47 Å². The van der Waals surface area contributed by atoms with Crippen LogP contribution in [0.15, 0.2) is 0 Å². The van der Waals surface area contributed by atoms with Crippen LogP contribution in [0.3, 0.4) is 0 Å². The molecule has 0 aromatic rings. The van der Waals surface area contributed by atoms with E-state index in [2.05, 4.69) is 20.8 Å². The van der Waals surface area contributed by atoms with E-state index < -0.39 is 5.79 Å². The molecule has 1 aliphatic heterocycles. The number of hydrogen-bond acceptors (Lipinski definition) is 3. The molecule has 3 heteroatoms. The lowest BCUT2D eigenvalue weighted by molar-refractivity contribution is -0.297. The zero-order valence-electron chi connectivity index (χ0n) is 11.9. The first kappa shape index (κ1) is 12.9. The third-order valence-electron chi connectivity index (χ3n) is 6.13. The van der Waals surface area contributed by atoms with Crippen molar-refractivity contribution in [2.75, 3.05) is 13.2 Å². The number of ether oxygens (including phenoxy) is 2. The van der Waals surface area contributed by atoms with Crippen LogP contribution in [0.4, 0.5) is 0 Å². The van der Waals surface area contributed by atoms with Gasteiger partial charge in [-0.05, 0) is 30.6 Å². The Kier molecular flexibility index (Phi) is 2.82. The van der Waals surface area contributed by atoms with Crippen molar-refractivity contribution in [2.45, 2.75) is 64.8 Å². The molecule has 1 saturated heterocycles. The van der Waals surface area contributed by atoms with Crippen molar-refractivity contribution in [3.63, 3.8) is 0 Å². The lowest BCUT2D eigenvalue weighted by atomic mass is 9.48. The maximum Gasteiger partial charge on any atom is 0.173 e. The fourth-order valence-electron chi connectivity index (χ4n) is 4.93. The molecule has 0 amide bonds. The lowest BCUT2D eigenvalue weighted by Gasteiger charge is -2.61. The van der Waals surface area contributed by atoms with Crippen LogP contribution in [0, 0.1) is 16.7 Å². The van der Waals surface area contributed by atoms with Gasteiger partial charge in [0.05, 0.1) is 19.3 Å². The van der Waals surface area contributed by atoms with Crippen molar-refractivity contribution in [1.29, 1.82) is 0 Å². The van der Waals surface area contributed by atoms with Gasteiger partial charge in [0.15, 0.2) is 5.79 Å². The van der Waals surface area contributed by atoms with Gasteiger partial charge in [-0.25, -0.2) is 0 Å². The van der Waals surface area contributed by atoms with Gasteiger partial charge in [-0.3, -0.25) is 0 Å². The van der Waals surface area contributed by atoms with E-state index >= 15 is 0 Å². The van der Waals surface area contributed by atoms with E-state index in [1.165, 1.54) is 6.42 Å². The van der Waals surface area contributed by atoms with E-state index in [0.717, 1.165) is 38.9 Å². The molecule has 0 aromatic carbocycles. The van der Waals surface area contributed by atoms with Crippen LogP contribution < -0.4 is 0 Å². The third-order valence-corrected chi connectivity index (χ3v) is 6.13. The third kappa shape index (κ3) is 1.47. The Morgan fingerprint density at radius 3 is 2.33 bits per heavy atom. The summed E-state index contributed by atoms with van der Waals surface area (Å²) < 4.78 is 12.0. The van der Waals surface area contributed by atoms with Gasteiger partial charge < -0.3 is 14.6 Å². The lowest BCUT2D eigenvalue weighted by Crippen LogP contribution is -2.62. The summed E-state index contributed by atoms with van der Waals surface area (Å²) >= 11 is 0. The van der Waals surface area contributed by atoms with Gasteiger partial charge in [0.2, 0.25) is 0 Å². The van der Waals surface area contributed by atoms with E-state index in [-0.39, 0.29) is 16.9 Å². The molecule has 0 radical (unpaired) electrons. The highest BCUT2D eigenvalue weighted by molar-refractivity contribution is 5.08. The molecule has 3 fully saturated rings. The molecule has 18 heavy (non-hydrogen) atoms. The average molecular weight is 254 g/mol. The first-order chi connectivity index (χ1) is 8.42. The van der Waals surface area contributed by atoms with E-state index in [1.54, 1.807) is 0 Å². The number of aliphatic hydroxyl groups is 1. The summed E-state index contributed by atoms with van der Waals surface area (Å²) in [4.78, 5) is 0. The van der Waals surface area contributed by atoms with E-state index in [9.17, 15) is 5.11 Å². The first-order valence-corrected chi connectivity index (χ1v) is 7.38. The molecule has 2 saturated carbocycles. The molecular formula is C15H26O3. The fraction of sp³-hybridized carbons (Fsp3) is 1.00. The van der Waals surface area contributed by atoms with Crippen molar-refractivity contribution >= 4 is 0 Å². The van der Waals surface area contributed by atoms with Gasteiger partial charge in [-0.1, -0.05) is 27.2 Å². The predicted molar refractivity (Wildman–Crippen MR) is 69.1 cm³/mol. The topological polar surface area (TPSA) is 38.7 Å². The first-order valence-electron chi connectivity index (χ1n) is 7.38. The zero-order chi connectivity index (χ0) is 13.0. The molecule has 2 aliphatic carbocycles. The summed E-state index contributed by atoms with van der Waals surface area (Å²) in [6, 6.07) is 0. The van der Waals surface area contributed by atoms with Crippen LogP contribution >= 0.6 is 0 Å². The highest BCUT2D eigenvalue weighted by atomic mass is 16.7. The minimum absolute atomic E-state index is 0.0160. The van der Waals surface area contributed by atoms with Crippen LogP contribution in [0.25, 0.3) is 0 Å². The normalized spacial score (nSPS) is 46.0. The summed E-state index contributed by atoms with van der Waals surface area (Å²) in [5.74, 6) is 0.0921. The summed E-state index contributed by atoms with van der Waals surface area (Å²) in [7, 11) is 0. The zero-order valence-corrected chi connectivity index (χ0v) is 11.9. The quantitative estimate of drug-likeness (QED) is 0.722. The van der Waals surface area contributed by atoms with E-state index in [0.29, 0.717) is 5.92 Å². The van der Waals surface area contributed by atoms with Crippen molar-refractivity contribution < 1.29 is 14.6 Å². The molecule has 3 nitrogen and oxygen atoms in total. The minimum atomic E-state index is -0.395. The second kappa shape index (κ2) is 3.94. The Morgan fingerprint density at radius 2 is 1.67 bits per heavy atom. The predicted octanol–water partition coefficient (Wildman–Crippen LogP) is 2.72. The Bertz CT molecular complexity index is 333. The summed E-state index contributed by atoms with van der Waals surface area (Å²) in [6.45, 7) is 8.26. The van der Waals surface area contributed by atoms with Crippen LogP contribution in [-0.4, -0.2) is 30.2 Å². The van der Waals surface area contributed by atoms with Crippen LogP contribution in [0.1, 0.15) is 52.9 Å². The summed E-state index contributed by atoms with van der Waals surface area (Å²) in [6.07, 6.45) is 5.05. The number of hydrogen-bond donors (Lipinski definition) is 1. The van der Waals surface area contributed by atoms with Crippen LogP contribution in [0.2, 0.25) is 0 Å². The Balaban J connectivity index is 1.97. The number of fused-ring (bicyclic) bond motifs is 1. The average Bonchev–Trinajstić information content (AvgIpc) is 2.79. The Labute approximate surface area is 110 Å². The SMILES string of the molecule is CC1(C)[C@@H]2CCC[C@H](O)[C@@]2(C)CCC12OCCO2. The summed E-state index contributed by atoms with van der Waals surface area (Å²) in [5, 5.41) is 10.4. The van der Waals surface area contributed by atoms with Gasteiger partial charge in [-0.2, -0.15) is 0 Å².